The zero-order valence-corrected chi connectivity index (χ0v) is 10.1. The van der Waals surface area contributed by atoms with Gasteiger partial charge in [-0.3, -0.25) is 9.78 Å². The predicted molar refractivity (Wildman–Crippen MR) is 69.1 cm³/mol. The molecule has 0 atom stereocenters. The fourth-order valence-corrected chi connectivity index (χ4v) is 1.47. The molecule has 18 heavy (non-hydrogen) atoms. The Morgan fingerprint density at radius 2 is 1.94 bits per heavy atom. The Labute approximate surface area is 105 Å². The summed E-state index contributed by atoms with van der Waals surface area (Å²) in [5.41, 5.74) is 1.78. The Kier molecular flexibility index (Phi) is 3.96. The van der Waals surface area contributed by atoms with Crippen LogP contribution in [0.25, 0.3) is 11.3 Å². The van der Waals surface area contributed by atoms with Crippen LogP contribution >= 0.6 is 0 Å². The van der Waals surface area contributed by atoms with Gasteiger partial charge in [0.1, 0.15) is 11.6 Å². The number of hydrogen-bond donors (Lipinski definition) is 1. The highest BCUT2D eigenvalue weighted by Crippen LogP contribution is 2.15. The highest BCUT2D eigenvalue weighted by atomic mass is 16.1. The zero-order valence-electron chi connectivity index (χ0n) is 10.1. The SMILES string of the molecule is CC(=O)CCNc1ccc(-c2ccncc2)nn1. The van der Waals surface area contributed by atoms with E-state index >= 15 is 0 Å². The Hall–Kier alpha value is -2.30. The van der Waals surface area contributed by atoms with E-state index in [-0.39, 0.29) is 5.78 Å². The number of aromatic nitrogens is 3. The Bertz CT molecular complexity index is 510. The van der Waals surface area contributed by atoms with Crippen LogP contribution in [0.1, 0.15) is 13.3 Å². The van der Waals surface area contributed by atoms with Crippen LogP contribution < -0.4 is 5.32 Å². The molecule has 0 fully saturated rings. The quantitative estimate of drug-likeness (QED) is 0.867. The van der Waals surface area contributed by atoms with Crippen molar-refractivity contribution in [3.05, 3.63) is 36.7 Å². The standard InChI is InChI=1S/C13H14N4O/c1-10(18)4-9-15-13-3-2-12(16-17-13)11-5-7-14-8-6-11/h2-3,5-8H,4,9H2,1H3,(H,15,17). The van der Waals surface area contributed by atoms with E-state index in [1.54, 1.807) is 19.3 Å². The third-order valence-electron chi connectivity index (χ3n) is 2.42. The molecular weight excluding hydrogens is 228 g/mol. The van der Waals surface area contributed by atoms with Gasteiger partial charge in [0, 0.05) is 30.9 Å². The van der Waals surface area contributed by atoms with Gasteiger partial charge in [0.2, 0.25) is 0 Å². The lowest BCUT2D eigenvalue weighted by molar-refractivity contribution is -0.116. The number of pyridine rings is 1. The van der Waals surface area contributed by atoms with Crippen molar-refractivity contribution in [1.82, 2.24) is 15.2 Å². The highest BCUT2D eigenvalue weighted by molar-refractivity contribution is 5.75. The summed E-state index contributed by atoms with van der Waals surface area (Å²) in [5, 5.41) is 11.2. The summed E-state index contributed by atoms with van der Waals surface area (Å²) in [5.74, 6) is 0.831. The monoisotopic (exact) mass is 242 g/mol. The maximum atomic E-state index is 10.8. The molecule has 0 saturated heterocycles. The van der Waals surface area contributed by atoms with Crippen molar-refractivity contribution in [3.63, 3.8) is 0 Å². The summed E-state index contributed by atoms with van der Waals surface area (Å²) in [6.07, 6.45) is 3.93. The molecule has 0 aliphatic carbocycles. The molecule has 5 nitrogen and oxygen atoms in total. The summed E-state index contributed by atoms with van der Waals surface area (Å²) in [7, 11) is 0. The first-order valence-corrected chi connectivity index (χ1v) is 5.73. The molecule has 0 amide bonds. The second kappa shape index (κ2) is 5.86. The van der Waals surface area contributed by atoms with Crippen molar-refractivity contribution < 1.29 is 4.79 Å². The minimum atomic E-state index is 0.156. The fourth-order valence-electron chi connectivity index (χ4n) is 1.47. The molecular formula is C13H14N4O. The van der Waals surface area contributed by atoms with E-state index in [0.29, 0.717) is 18.8 Å². The minimum Gasteiger partial charge on any atom is -0.368 e. The van der Waals surface area contributed by atoms with Crippen molar-refractivity contribution in [3.8, 4) is 11.3 Å². The molecule has 0 unspecified atom stereocenters. The van der Waals surface area contributed by atoms with Crippen molar-refractivity contribution in [2.45, 2.75) is 13.3 Å². The van der Waals surface area contributed by atoms with Crippen LogP contribution in [0.15, 0.2) is 36.7 Å². The number of carbonyl (C=O) groups excluding carboxylic acids is 1. The van der Waals surface area contributed by atoms with Crippen molar-refractivity contribution in [2.75, 3.05) is 11.9 Å². The lowest BCUT2D eigenvalue weighted by Crippen LogP contribution is -2.07. The minimum absolute atomic E-state index is 0.156. The van der Waals surface area contributed by atoms with E-state index in [0.717, 1.165) is 11.3 Å². The van der Waals surface area contributed by atoms with Crippen LogP contribution in [0.3, 0.4) is 0 Å². The van der Waals surface area contributed by atoms with Crippen LogP contribution in [0.4, 0.5) is 5.82 Å². The van der Waals surface area contributed by atoms with Gasteiger partial charge >= 0.3 is 0 Å². The topological polar surface area (TPSA) is 67.8 Å². The van der Waals surface area contributed by atoms with Crippen LogP contribution in [-0.2, 0) is 4.79 Å². The molecule has 0 aliphatic rings. The van der Waals surface area contributed by atoms with Gasteiger partial charge in [-0.2, -0.15) is 0 Å². The molecule has 0 spiro atoms. The molecule has 92 valence electrons. The molecule has 2 aromatic rings. The van der Waals surface area contributed by atoms with Crippen molar-refractivity contribution in [1.29, 1.82) is 0 Å². The third kappa shape index (κ3) is 3.35. The van der Waals surface area contributed by atoms with Gasteiger partial charge in [-0.15, -0.1) is 10.2 Å². The highest BCUT2D eigenvalue weighted by Gasteiger charge is 2.00. The molecule has 2 aromatic heterocycles. The first-order chi connectivity index (χ1) is 8.75. The van der Waals surface area contributed by atoms with Gasteiger partial charge in [-0.05, 0) is 31.2 Å². The lowest BCUT2D eigenvalue weighted by Gasteiger charge is -2.04. The Morgan fingerprint density at radius 3 is 2.56 bits per heavy atom. The largest absolute Gasteiger partial charge is 0.368 e. The van der Waals surface area contributed by atoms with Gasteiger partial charge in [-0.1, -0.05) is 0 Å². The van der Waals surface area contributed by atoms with Crippen molar-refractivity contribution in [2.24, 2.45) is 0 Å². The Balaban J connectivity index is 2.00. The number of Topliss-reactive ketones (excluding diaryl/α,β-unsaturated/α-hetero) is 1. The van der Waals surface area contributed by atoms with Gasteiger partial charge in [0.15, 0.2) is 0 Å². The second-order valence-corrected chi connectivity index (χ2v) is 3.92. The molecule has 0 saturated carbocycles. The summed E-state index contributed by atoms with van der Waals surface area (Å²) in [4.78, 5) is 14.7. The third-order valence-corrected chi connectivity index (χ3v) is 2.42. The van der Waals surface area contributed by atoms with E-state index in [1.807, 2.05) is 24.3 Å². The number of rotatable bonds is 5. The maximum Gasteiger partial charge on any atom is 0.148 e. The molecule has 2 heterocycles. The number of nitrogens with one attached hydrogen (secondary N) is 1. The first-order valence-electron chi connectivity index (χ1n) is 5.73. The number of hydrogen-bond acceptors (Lipinski definition) is 5. The average Bonchev–Trinajstić information content (AvgIpc) is 2.40. The number of ketones is 1. The summed E-state index contributed by atoms with van der Waals surface area (Å²) >= 11 is 0. The van der Waals surface area contributed by atoms with E-state index in [2.05, 4.69) is 20.5 Å². The van der Waals surface area contributed by atoms with Gasteiger partial charge < -0.3 is 5.32 Å². The lowest BCUT2D eigenvalue weighted by atomic mass is 10.2. The van der Waals surface area contributed by atoms with Gasteiger partial charge in [0.05, 0.1) is 5.69 Å². The molecule has 1 N–H and O–H groups in total. The maximum absolute atomic E-state index is 10.8. The van der Waals surface area contributed by atoms with Crippen LogP contribution in [0.2, 0.25) is 0 Å². The van der Waals surface area contributed by atoms with E-state index in [9.17, 15) is 4.79 Å². The van der Waals surface area contributed by atoms with Crippen LogP contribution in [-0.4, -0.2) is 27.5 Å². The number of nitrogens with zero attached hydrogens (tertiary/aromatic N) is 3. The number of carbonyl (C=O) groups is 1. The van der Waals surface area contributed by atoms with Crippen LogP contribution in [0, 0.1) is 0 Å². The Morgan fingerprint density at radius 1 is 1.17 bits per heavy atom. The van der Waals surface area contributed by atoms with Crippen molar-refractivity contribution >= 4 is 11.6 Å². The molecule has 0 bridgehead atoms. The predicted octanol–water partition coefficient (Wildman–Crippen LogP) is 1.93. The van der Waals surface area contributed by atoms with E-state index < -0.39 is 0 Å². The van der Waals surface area contributed by atoms with E-state index in [4.69, 9.17) is 0 Å². The molecule has 2 rings (SSSR count). The molecule has 0 aromatic carbocycles. The fraction of sp³-hybridized carbons (Fsp3) is 0.231. The first kappa shape index (κ1) is 12.2. The number of anilines is 1. The van der Waals surface area contributed by atoms with Gasteiger partial charge in [-0.25, -0.2) is 0 Å². The van der Waals surface area contributed by atoms with E-state index in [1.165, 1.54) is 0 Å². The average molecular weight is 242 g/mol. The smallest absolute Gasteiger partial charge is 0.148 e. The summed E-state index contributed by atoms with van der Waals surface area (Å²) in [6.45, 7) is 2.15. The normalized spacial score (nSPS) is 10.1. The second-order valence-electron chi connectivity index (χ2n) is 3.92. The molecule has 5 heteroatoms. The summed E-state index contributed by atoms with van der Waals surface area (Å²) < 4.78 is 0. The molecule has 0 aliphatic heterocycles. The zero-order chi connectivity index (χ0) is 12.8. The summed E-state index contributed by atoms with van der Waals surface area (Å²) in [6, 6.07) is 7.50. The van der Waals surface area contributed by atoms with Gasteiger partial charge in [0.25, 0.3) is 0 Å². The molecule has 0 radical (unpaired) electrons. The van der Waals surface area contributed by atoms with Crippen LogP contribution in [0.5, 0.6) is 0 Å².